The maximum Gasteiger partial charge on any atom is 0.0385 e. The second kappa shape index (κ2) is 14.7. The Hall–Kier alpha value is -0.330. The molecule has 0 aromatic carbocycles. The summed E-state index contributed by atoms with van der Waals surface area (Å²) in [4.78, 5) is 4.46. The SMILES string of the molecule is CCCCCCC/C=N\CCCCCCC. The lowest BCUT2D eigenvalue weighted by molar-refractivity contribution is 0.635. The summed E-state index contributed by atoms with van der Waals surface area (Å²) in [6.07, 6.45) is 17.0. The lowest BCUT2D eigenvalue weighted by Crippen LogP contribution is -1.85. The smallest absolute Gasteiger partial charge is 0.0385 e. The molecule has 0 spiro atoms. The third-order valence-electron chi connectivity index (χ3n) is 2.96. The molecule has 0 aliphatic rings. The Morgan fingerprint density at radius 3 is 1.88 bits per heavy atom. The van der Waals surface area contributed by atoms with Crippen molar-refractivity contribution in [1.29, 1.82) is 0 Å². The van der Waals surface area contributed by atoms with Gasteiger partial charge in [-0.25, -0.2) is 0 Å². The van der Waals surface area contributed by atoms with Crippen LogP contribution in [0.1, 0.15) is 84.5 Å². The molecule has 0 fully saturated rings. The van der Waals surface area contributed by atoms with Crippen molar-refractivity contribution in [2.75, 3.05) is 6.54 Å². The molecule has 1 nitrogen and oxygen atoms in total. The van der Waals surface area contributed by atoms with E-state index >= 15 is 0 Å². The molecule has 0 aliphatic heterocycles. The standard InChI is InChI=1S/C15H31N/c1-3-5-7-9-11-13-15-16-14-12-10-8-6-4-2/h15H,3-14H2,1-2H3/b16-15-. The van der Waals surface area contributed by atoms with Crippen molar-refractivity contribution in [2.24, 2.45) is 4.99 Å². The number of unbranched alkanes of at least 4 members (excludes halogenated alkanes) is 9. The summed E-state index contributed by atoms with van der Waals surface area (Å²) in [5.74, 6) is 0. The van der Waals surface area contributed by atoms with Gasteiger partial charge in [0, 0.05) is 6.54 Å². The van der Waals surface area contributed by atoms with Crippen LogP contribution in [-0.4, -0.2) is 12.8 Å². The average molecular weight is 225 g/mol. The number of nitrogens with zero attached hydrogens (tertiary/aromatic N) is 1. The largest absolute Gasteiger partial charge is 0.298 e. The number of aliphatic imine (C=N–C) groups is 1. The second-order valence-electron chi connectivity index (χ2n) is 4.71. The van der Waals surface area contributed by atoms with Crippen LogP contribution in [0, 0.1) is 0 Å². The molecule has 0 bridgehead atoms. The van der Waals surface area contributed by atoms with E-state index in [0.29, 0.717) is 0 Å². The van der Waals surface area contributed by atoms with Gasteiger partial charge in [0.2, 0.25) is 0 Å². The van der Waals surface area contributed by atoms with E-state index in [-0.39, 0.29) is 0 Å². The molecule has 0 amide bonds. The fraction of sp³-hybridized carbons (Fsp3) is 0.933. The first-order valence-corrected chi connectivity index (χ1v) is 7.40. The van der Waals surface area contributed by atoms with E-state index in [1.54, 1.807) is 0 Å². The van der Waals surface area contributed by atoms with Gasteiger partial charge in [-0.2, -0.15) is 0 Å². The van der Waals surface area contributed by atoms with Gasteiger partial charge in [-0.3, -0.25) is 4.99 Å². The van der Waals surface area contributed by atoms with Crippen LogP contribution in [-0.2, 0) is 0 Å². The Morgan fingerprint density at radius 2 is 1.25 bits per heavy atom. The molecule has 0 saturated heterocycles. The topological polar surface area (TPSA) is 12.4 Å². The molecule has 0 saturated carbocycles. The van der Waals surface area contributed by atoms with Crippen molar-refractivity contribution in [1.82, 2.24) is 0 Å². The van der Waals surface area contributed by atoms with E-state index in [9.17, 15) is 0 Å². The van der Waals surface area contributed by atoms with Crippen LogP contribution < -0.4 is 0 Å². The molecule has 0 atom stereocenters. The fourth-order valence-electron chi connectivity index (χ4n) is 1.83. The minimum Gasteiger partial charge on any atom is -0.298 e. The third kappa shape index (κ3) is 13.7. The molecule has 1 heteroatoms. The van der Waals surface area contributed by atoms with E-state index in [1.807, 2.05) is 0 Å². The highest BCUT2D eigenvalue weighted by atomic mass is 14.7. The van der Waals surface area contributed by atoms with E-state index < -0.39 is 0 Å². The van der Waals surface area contributed by atoms with Gasteiger partial charge < -0.3 is 0 Å². The van der Waals surface area contributed by atoms with E-state index in [4.69, 9.17) is 0 Å². The summed E-state index contributed by atoms with van der Waals surface area (Å²) >= 11 is 0. The van der Waals surface area contributed by atoms with Crippen LogP contribution in [0.5, 0.6) is 0 Å². The zero-order valence-electron chi connectivity index (χ0n) is 11.5. The summed E-state index contributed by atoms with van der Waals surface area (Å²) in [5, 5.41) is 0. The first-order valence-electron chi connectivity index (χ1n) is 7.40. The lowest BCUT2D eigenvalue weighted by atomic mass is 10.1. The van der Waals surface area contributed by atoms with Gasteiger partial charge in [0.05, 0.1) is 0 Å². The van der Waals surface area contributed by atoms with Crippen LogP contribution >= 0.6 is 0 Å². The lowest BCUT2D eigenvalue weighted by Gasteiger charge is -1.97. The van der Waals surface area contributed by atoms with Gasteiger partial charge >= 0.3 is 0 Å². The highest BCUT2D eigenvalue weighted by molar-refractivity contribution is 5.56. The second-order valence-corrected chi connectivity index (χ2v) is 4.71. The molecule has 0 aromatic heterocycles. The fourth-order valence-corrected chi connectivity index (χ4v) is 1.83. The molecule has 0 aromatic rings. The molecule has 0 heterocycles. The Labute approximate surface area is 103 Å². The van der Waals surface area contributed by atoms with Crippen LogP contribution in [0.25, 0.3) is 0 Å². The molecule has 0 rings (SSSR count). The Bertz CT molecular complexity index is 124. The van der Waals surface area contributed by atoms with Gasteiger partial charge in [0.25, 0.3) is 0 Å². The molecular weight excluding hydrogens is 194 g/mol. The number of rotatable bonds is 12. The molecule has 0 radical (unpaired) electrons. The molecule has 0 N–H and O–H groups in total. The molecule has 0 unspecified atom stereocenters. The Kier molecular flexibility index (Phi) is 14.4. The van der Waals surface area contributed by atoms with Crippen molar-refractivity contribution in [2.45, 2.75) is 84.5 Å². The Morgan fingerprint density at radius 1 is 0.688 bits per heavy atom. The summed E-state index contributed by atoms with van der Waals surface area (Å²) in [6, 6.07) is 0. The average Bonchev–Trinajstić information content (AvgIpc) is 2.31. The Balaban J connectivity index is 2.98. The minimum absolute atomic E-state index is 1.05. The van der Waals surface area contributed by atoms with Gasteiger partial charge in [-0.15, -0.1) is 0 Å². The van der Waals surface area contributed by atoms with Crippen molar-refractivity contribution >= 4 is 6.21 Å². The van der Waals surface area contributed by atoms with Gasteiger partial charge in [0.1, 0.15) is 0 Å². The minimum atomic E-state index is 1.05. The number of hydrogen-bond acceptors (Lipinski definition) is 1. The van der Waals surface area contributed by atoms with Crippen molar-refractivity contribution in [3.05, 3.63) is 0 Å². The van der Waals surface area contributed by atoms with Crippen LogP contribution in [0.2, 0.25) is 0 Å². The van der Waals surface area contributed by atoms with E-state index in [2.05, 4.69) is 25.1 Å². The van der Waals surface area contributed by atoms with Crippen molar-refractivity contribution in [3.63, 3.8) is 0 Å². The van der Waals surface area contributed by atoms with Gasteiger partial charge in [-0.05, 0) is 25.5 Å². The summed E-state index contributed by atoms with van der Waals surface area (Å²) in [5.41, 5.74) is 0. The van der Waals surface area contributed by atoms with Crippen molar-refractivity contribution in [3.8, 4) is 0 Å². The number of hydrogen-bond donors (Lipinski definition) is 0. The first-order chi connectivity index (χ1) is 7.91. The normalized spacial score (nSPS) is 11.4. The maximum atomic E-state index is 4.46. The van der Waals surface area contributed by atoms with Crippen LogP contribution in [0.15, 0.2) is 4.99 Å². The zero-order chi connectivity index (χ0) is 11.9. The zero-order valence-corrected chi connectivity index (χ0v) is 11.5. The molecular formula is C15H31N. The third-order valence-corrected chi connectivity index (χ3v) is 2.96. The van der Waals surface area contributed by atoms with Crippen LogP contribution in [0.3, 0.4) is 0 Å². The van der Waals surface area contributed by atoms with Gasteiger partial charge in [0.15, 0.2) is 0 Å². The maximum absolute atomic E-state index is 4.46. The predicted molar refractivity (Wildman–Crippen MR) is 75.5 cm³/mol. The van der Waals surface area contributed by atoms with Crippen molar-refractivity contribution < 1.29 is 0 Å². The molecule has 16 heavy (non-hydrogen) atoms. The van der Waals surface area contributed by atoms with E-state index in [1.165, 1.54) is 70.6 Å². The van der Waals surface area contributed by atoms with Gasteiger partial charge in [-0.1, -0.05) is 65.2 Å². The molecule has 96 valence electrons. The monoisotopic (exact) mass is 225 g/mol. The first kappa shape index (κ1) is 15.7. The van der Waals surface area contributed by atoms with E-state index in [0.717, 1.165) is 6.54 Å². The highest BCUT2D eigenvalue weighted by Crippen LogP contribution is 2.04. The summed E-state index contributed by atoms with van der Waals surface area (Å²) in [7, 11) is 0. The summed E-state index contributed by atoms with van der Waals surface area (Å²) < 4.78 is 0. The van der Waals surface area contributed by atoms with Crippen LogP contribution in [0.4, 0.5) is 0 Å². The summed E-state index contributed by atoms with van der Waals surface area (Å²) in [6.45, 7) is 5.58. The predicted octanol–water partition coefficient (Wildman–Crippen LogP) is 5.39. The quantitative estimate of drug-likeness (QED) is 0.312. The molecule has 0 aliphatic carbocycles. The highest BCUT2D eigenvalue weighted by Gasteiger charge is 1.88.